The van der Waals surface area contributed by atoms with E-state index in [9.17, 15) is 0 Å². The lowest BCUT2D eigenvalue weighted by Gasteiger charge is -2.27. The van der Waals surface area contributed by atoms with Gasteiger partial charge in [-0.2, -0.15) is 0 Å². The number of hydrogen-bond acceptors (Lipinski definition) is 2. The summed E-state index contributed by atoms with van der Waals surface area (Å²) in [7, 11) is 0. The van der Waals surface area contributed by atoms with Crippen molar-refractivity contribution in [3.63, 3.8) is 0 Å². The number of hydrogen-bond donors (Lipinski definition) is 0. The average Bonchev–Trinajstić information content (AvgIpc) is 4.02. The van der Waals surface area contributed by atoms with Crippen molar-refractivity contribution in [1.82, 2.24) is 4.40 Å². The van der Waals surface area contributed by atoms with Crippen molar-refractivity contribution < 1.29 is 4.42 Å². The van der Waals surface area contributed by atoms with Crippen LogP contribution in [0.2, 0.25) is 0 Å². The van der Waals surface area contributed by atoms with Crippen LogP contribution in [0.25, 0.3) is 93.4 Å². The van der Waals surface area contributed by atoms with Gasteiger partial charge in [0, 0.05) is 49.1 Å². The van der Waals surface area contributed by atoms with Gasteiger partial charge in [0.15, 0.2) is 0 Å². The van der Waals surface area contributed by atoms with Gasteiger partial charge in [0.05, 0.1) is 22.2 Å². The van der Waals surface area contributed by atoms with Crippen LogP contribution in [0, 0.1) is 0 Å². The molecule has 13 rings (SSSR count). The first kappa shape index (κ1) is 33.4. The molecule has 0 aliphatic heterocycles. The number of fused-ring (bicyclic) bond motifs is 12. The number of nitrogens with zero attached hydrogens (tertiary/aromatic N) is 2. The van der Waals surface area contributed by atoms with Crippen LogP contribution >= 0.6 is 0 Å². The van der Waals surface area contributed by atoms with Crippen LogP contribution in [0.1, 0.15) is 25.0 Å². The second kappa shape index (κ2) is 12.2. The van der Waals surface area contributed by atoms with E-state index in [1.54, 1.807) is 0 Å². The van der Waals surface area contributed by atoms with Crippen molar-refractivity contribution in [2.24, 2.45) is 0 Å². The molecule has 0 radical (unpaired) electrons. The Morgan fingerprint density at radius 2 is 1.00 bits per heavy atom. The van der Waals surface area contributed by atoms with Crippen LogP contribution in [-0.4, -0.2) is 4.40 Å². The maximum Gasteiger partial charge on any atom is 0.135 e. The molecular weight excluding hydrogens is 729 g/mol. The average molecular weight is 767 g/mol. The van der Waals surface area contributed by atoms with Gasteiger partial charge in [0.25, 0.3) is 0 Å². The third-order valence-electron chi connectivity index (χ3n) is 13.3. The minimum Gasteiger partial charge on any atom is -0.456 e. The van der Waals surface area contributed by atoms with Gasteiger partial charge in [-0.1, -0.05) is 141 Å². The van der Waals surface area contributed by atoms with E-state index in [-0.39, 0.29) is 5.41 Å². The number of para-hydroxylation sites is 3. The van der Waals surface area contributed by atoms with E-state index in [4.69, 9.17) is 4.42 Å². The molecule has 9 aromatic carbocycles. The van der Waals surface area contributed by atoms with E-state index in [0.29, 0.717) is 0 Å². The number of benzene rings is 9. The summed E-state index contributed by atoms with van der Waals surface area (Å²) in [5, 5.41) is 7.35. The van der Waals surface area contributed by atoms with Crippen LogP contribution in [0.4, 0.5) is 17.1 Å². The van der Waals surface area contributed by atoms with Crippen molar-refractivity contribution in [3.05, 3.63) is 205 Å². The van der Waals surface area contributed by atoms with Crippen molar-refractivity contribution in [1.29, 1.82) is 0 Å². The summed E-state index contributed by atoms with van der Waals surface area (Å²) in [6, 6.07) is 71.2. The first-order valence-electron chi connectivity index (χ1n) is 20.8. The summed E-state index contributed by atoms with van der Waals surface area (Å²) < 4.78 is 8.62. The third kappa shape index (κ3) is 4.60. The van der Waals surface area contributed by atoms with Crippen LogP contribution in [0.3, 0.4) is 0 Å². The van der Waals surface area contributed by atoms with E-state index in [2.05, 4.69) is 205 Å². The molecule has 0 unspecified atom stereocenters. The molecule has 282 valence electrons. The highest BCUT2D eigenvalue weighted by Gasteiger charge is 2.35. The largest absolute Gasteiger partial charge is 0.456 e. The van der Waals surface area contributed by atoms with Gasteiger partial charge in [0.2, 0.25) is 0 Å². The lowest BCUT2D eigenvalue weighted by atomic mass is 9.82. The fraction of sp³-hybridized carbons (Fsp3) is 0.0526. The van der Waals surface area contributed by atoms with E-state index in [1.807, 2.05) is 12.1 Å². The number of rotatable bonds is 5. The van der Waals surface area contributed by atoms with Gasteiger partial charge in [-0.3, -0.25) is 0 Å². The Morgan fingerprint density at radius 3 is 1.82 bits per heavy atom. The first-order valence-corrected chi connectivity index (χ1v) is 20.8. The summed E-state index contributed by atoms with van der Waals surface area (Å²) in [5.74, 6) is 0. The third-order valence-corrected chi connectivity index (χ3v) is 13.3. The molecular formula is C57H38N2O. The SMILES string of the molecule is CC1(C)c2ccccc2-c2cc(-c3ccc(N(c4ccc(-c5ccc6oc7ccccc7c6c5)cc4)c4cccc5c4c4cccc6c7ccccc7n5c64)cc3)ccc21. The second-order valence-electron chi connectivity index (χ2n) is 16.9. The smallest absolute Gasteiger partial charge is 0.135 e. The van der Waals surface area contributed by atoms with Crippen molar-refractivity contribution in [2.45, 2.75) is 19.3 Å². The zero-order valence-electron chi connectivity index (χ0n) is 33.3. The maximum atomic E-state index is 6.16. The van der Waals surface area contributed by atoms with E-state index < -0.39 is 0 Å². The zero-order valence-corrected chi connectivity index (χ0v) is 33.3. The second-order valence-corrected chi connectivity index (χ2v) is 16.9. The molecule has 0 atom stereocenters. The molecule has 0 spiro atoms. The molecule has 1 aliphatic rings. The van der Waals surface area contributed by atoms with Crippen molar-refractivity contribution >= 4 is 77.1 Å². The van der Waals surface area contributed by atoms with E-state index in [1.165, 1.54) is 71.5 Å². The minimum atomic E-state index is -0.0157. The Balaban J connectivity index is 0.970. The predicted octanol–water partition coefficient (Wildman–Crippen LogP) is 15.8. The highest BCUT2D eigenvalue weighted by molar-refractivity contribution is 6.26. The molecule has 0 saturated carbocycles. The molecule has 0 saturated heterocycles. The monoisotopic (exact) mass is 766 g/mol. The summed E-state index contributed by atoms with van der Waals surface area (Å²) >= 11 is 0. The standard InChI is InChI=1S/C57H38N2O/c1-57(2)48-16-6-3-11-41(48)46-33-37(25-31-49(46)57)35-21-27-39(28-22-35)58(40-29-23-36(24-30-40)38-26-32-54-47(34-38)43-13-5-8-20-53(43)60-54)51-18-10-19-52-55(51)45-15-9-14-44-42-12-4-7-17-50(42)59(52)56(44)45/h3-34H,1-2H3. The van der Waals surface area contributed by atoms with Crippen LogP contribution in [0.5, 0.6) is 0 Å². The Bertz CT molecular complexity index is 3680. The topological polar surface area (TPSA) is 20.8 Å². The normalized spacial score (nSPS) is 13.3. The molecule has 3 aromatic heterocycles. The molecule has 1 aliphatic carbocycles. The van der Waals surface area contributed by atoms with Crippen molar-refractivity contribution in [3.8, 4) is 33.4 Å². The Kier molecular flexibility index (Phi) is 6.78. The molecule has 0 fully saturated rings. The highest BCUT2D eigenvalue weighted by Crippen LogP contribution is 2.50. The summed E-state index contributed by atoms with van der Waals surface area (Å²) in [5.41, 5.74) is 19.1. The Hall–Kier alpha value is -7.62. The number of anilines is 3. The van der Waals surface area contributed by atoms with Gasteiger partial charge < -0.3 is 13.7 Å². The van der Waals surface area contributed by atoms with E-state index in [0.717, 1.165) is 50.1 Å². The van der Waals surface area contributed by atoms with Crippen molar-refractivity contribution in [2.75, 3.05) is 4.90 Å². The zero-order chi connectivity index (χ0) is 39.7. The molecule has 0 bridgehead atoms. The van der Waals surface area contributed by atoms with Gasteiger partial charge in [-0.05, 0) is 111 Å². The van der Waals surface area contributed by atoms with Crippen LogP contribution < -0.4 is 4.90 Å². The lowest BCUT2D eigenvalue weighted by Crippen LogP contribution is -2.14. The van der Waals surface area contributed by atoms with Crippen LogP contribution in [0.15, 0.2) is 199 Å². The van der Waals surface area contributed by atoms with Gasteiger partial charge >= 0.3 is 0 Å². The summed E-state index contributed by atoms with van der Waals surface area (Å²) in [4.78, 5) is 2.44. The van der Waals surface area contributed by atoms with Crippen LogP contribution in [-0.2, 0) is 5.41 Å². The Labute approximate surface area is 347 Å². The summed E-state index contributed by atoms with van der Waals surface area (Å²) in [6.45, 7) is 4.68. The first-order chi connectivity index (χ1) is 29.5. The molecule has 3 heterocycles. The Morgan fingerprint density at radius 1 is 0.417 bits per heavy atom. The molecule has 3 heteroatoms. The van der Waals surface area contributed by atoms with Gasteiger partial charge in [-0.25, -0.2) is 0 Å². The lowest BCUT2D eigenvalue weighted by molar-refractivity contribution is 0.660. The quantitative estimate of drug-likeness (QED) is 0.174. The number of furan rings is 1. The number of aromatic nitrogens is 1. The van der Waals surface area contributed by atoms with Gasteiger partial charge in [0.1, 0.15) is 11.2 Å². The maximum absolute atomic E-state index is 6.16. The summed E-state index contributed by atoms with van der Waals surface area (Å²) in [6.07, 6.45) is 0. The molecule has 12 aromatic rings. The fourth-order valence-corrected chi connectivity index (χ4v) is 10.5. The van der Waals surface area contributed by atoms with E-state index >= 15 is 0 Å². The minimum absolute atomic E-state index is 0.0157. The molecule has 3 nitrogen and oxygen atoms in total. The fourth-order valence-electron chi connectivity index (χ4n) is 10.5. The molecule has 0 amide bonds. The molecule has 60 heavy (non-hydrogen) atoms. The predicted molar refractivity (Wildman–Crippen MR) is 251 cm³/mol. The molecule has 0 N–H and O–H groups in total. The highest BCUT2D eigenvalue weighted by atomic mass is 16.3. The van der Waals surface area contributed by atoms with Gasteiger partial charge in [-0.15, -0.1) is 0 Å².